The number of hydrogen-bond acceptors (Lipinski definition) is 24. The minimum absolute atomic E-state index is 0.329. The van der Waals surface area contributed by atoms with Crippen LogP contribution in [0, 0.1) is 0 Å². The fraction of sp³-hybridized carbons (Fsp3) is 0.750. The Labute approximate surface area is 607 Å². The average molecular weight is 1430 g/mol. The number of aromatic nitrogens is 21. The van der Waals surface area contributed by atoms with Crippen molar-refractivity contribution in [2.75, 3.05) is 0 Å². The molecule has 0 spiro atoms. The zero-order valence-corrected chi connectivity index (χ0v) is 69.8. The van der Waals surface area contributed by atoms with E-state index in [-0.39, 0.29) is 0 Å². The van der Waals surface area contributed by atoms with E-state index in [2.05, 4.69) is 299 Å². The monoisotopic (exact) mass is 1430 g/mol. The normalized spacial score (nSPS) is 11.5. The number of nitrogens with zero attached hydrogens (tertiary/aromatic N) is 18. The van der Waals surface area contributed by atoms with E-state index in [0.29, 0.717) is 107 Å². The largest absolute Gasteiger partial charge is 0.425 e. The van der Waals surface area contributed by atoms with Crippen LogP contribution in [0.1, 0.15) is 458 Å². The summed E-state index contributed by atoms with van der Waals surface area (Å²) in [5.74, 6) is 19.7. The van der Waals surface area contributed by atoms with Gasteiger partial charge in [0, 0.05) is 107 Å². The molecule has 24 nitrogen and oxygen atoms in total. The van der Waals surface area contributed by atoms with E-state index >= 15 is 0 Å². The van der Waals surface area contributed by atoms with Crippen LogP contribution in [-0.2, 0) is 0 Å². The minimum atomic E-state index is 0.329. The molecule has 0 saturated heterocycles. The molecule has 0 bridgehead atoms. The molecule has 9 heterocycles. The first-order chi connectivity index (χ1) is 46.0. The molecule has 99 heavy (non-hydrogen) atoms. The first-order valence-corrected chi connectivity index (χ1v) is 38.1. The van der Waals surface area contributed by atoms with Crippen LogP contribution in [0.15, 0.2) is 13.5 Å². The maximum Gasteiger partial charge on any atom is 0.229 e. The Bertz CT molecular complexity index is 2570. The molecule has 0 radical (unpaired) electrons. The van der Waals surface area contributed by atoms with Gasteiger partial charge in [-0.3, -0.25) is 15.3 Å². The second kappa shape index (κ2) is 45.4. The van der Waals surface area contributed by atoms with Gasteiger partial charge in [0.2, 0.25) is 23.6 Å². The quantitative estimate of drug-likeness (QED) is 0.0718. The summed E-state index contributed by atoms with van der Waals surface area (Å²) in [7, 11) is 0. The lowest BCUT2D eigenvalue weighted by Gasteiger charge is -1.96. The summed E-state index contributed by atoms with van der Waals surface area (Å²) < 4.78 is 24.0. The highest BCUT2D eigenvalue weighted by Crippen LogP contribution is 2.26. The summed E-state index contributed by atoms with van der Waals surface area (Å²) >= 11 is 4.78. The molecule has 0 saturated carbocycles. The van der Waals surface area contributed by atoms with Crippen LogP contribution >= 0.6 is 34.4 Å². The highest BCUT2D eigenvalue weighted by molar-refractivity contribution is 7.11. The number of rotatable bonds is 18. The summed E-state index contributed by atoms with van der Waals surface area (Å²) in [6, 6.07) is 0. The van der Waals surface area contributed by atoms with Crippen molar-refractivity contribution in [3.8, 4) is 0 Å². The predicted molar refractivity (Wildman–Crippen MR) is 405 cm³/mol. The van der Waals surface area contributed by atoms with Gasteiger partial charge in [-0.1, -0.05) is 260 Å². The van der Waals surface area contributed by atoms with Gasteiger partial charge in [-0.15, -0.1) is 31.7 Å². The Hall–Kier alpha value is -6.48. The second-order valence-corrected chi connectivity index (χ2v) is 32.5. The first kappa shape index (κ1) is 90.5. The van der Waals surface area contributed by atoms with Crippen LogP contribution in [0.4, 0.5) is 0 Å². The molecule has 0 aliphatic heterocycles. The molecule has 0 fully saturated rings. The summed E-state index contributed by atoms with van der Waals surface area (Å²) in [5, 5.41) is 49.4. The molecule has 0 aromatic carbocycles. The number of hydrogen-bond donors (Lipinski definition) is 3. The molecule has 0 amide bonds. The van der Waals surface area contributed by atoms with Crippen LogP contribution in [0.2, 0.25) is 0 Å². The second-order valence-electron chi connectivity index (χ2n) is 29.9. The molecule has 9 rings (SSSR count). The van der Waals surface area contributed by atoms with Crippen LogP contribution in [-0.4, -0.2) is 105 Å². The lowest BCUT2D eigenvalue weighted by Crippen LogP contribution is -1.92. The topological polar surface area (TPSA) is 319 Å². The van der Waals surface area contributed by atoms with Crippen molar-refractivity contribution in [2.45, 2.75) is 356 Å². The van der Waals surface area contributed by atoms with E-state index in [1.807, 2.05) is 55.4 Å². The van der Waals surface area contributed by atoms with E-state index in [9.17, 15) is 0 Å². The molecule has 0 atom stereocenters. The van der Waals surface area contributed by atoms with Gasteiger partial charge in [0.15, 0.2) is 29.1 Å². The van der Waals surface area contributed by atoms with Crippen LogP contribution in [0.25, 0.3) is 0 Å². The number of nitrogens with one attached hydrogen (secondary N) is 3. The minimum Gasteiger partial charge on any atom is -0.425 e. The Morgan fingerprint density at radius 2 is 0.485 bits per heavy atom. The Morgan fingerprint density at radius 1 is 0.232 bits per heavy atom. The third kappa shape index (κ3) is 34.2. The third-order valence-corrected chi connectivity index (χ3v) is 17.1. The lowest BCUT2D eigenvalue weighted by atomic mass is 10.2. The maximum atomic E-state index is 5.38. The Morgan fingerprint density at radius 3 is 0.616 bits per heavy atom. The highest BCUT2D eigenvalue weighted by Gasteiger charge is 2.17. The number of H-pyrrole nitrogens is 3. The van der Waals surface area contributed by atoms with Crippen molar-refractivity contribution < 1.29 is 13.5 Å². The van der Waals surface area contributed by atoms with Gasteiger partial charge < -0.3 is 13.5 Å². The van der Waals surface area contributed by atoms with Crippen molar-refractivity contribution in [1.29, 1.82) is 0 Å². The molecular formula is C72H129N21O3S3. The Balaban J connectivity index is 0.000000557. The first-order valence-electron chi connectivity index (χ1n) is 35.8. The zero-order valence-electron chi connectivity index (χ0n) is 67.4. The molecule has 3 N–H and O–H groups in total. The van der Waals surface area contributed by atoms with Crippen LogP contribution in [0.3, 0.4) is 0 Å². The van der Waals surface area contributed by atoms with Gasteiger partial charge in [-0.25, -0.2) is 24.9 Å². The van der Waals surface area contributed by atoms with Crippen molar-refractivity contribution in [3.63, 3.8) is 0 Å². The fourth-order valence-electron chi connectivity index (χ4n) is 6.70. The molecule has 0 unspecified atom stereocenters. The van der Waals surface area contributed by atoms with Gasteiger partial charge >= 0.3 is 0 Å². The van der Waals surface area contributed by atoms with Crippen molar-refractivity contribution in [3.05, 3.63) is 102 Å². The molecule has 558 valence electrons. The molecule has 9 aromatic rings. The van der Waals surface area contributed by atoms with Crippen molar-refractivity contribution in [2.24, 2.45) is 0 Å². The highest BCUT2D eigenvalue weighted by atomic mass is 32.1. The lowest BCUT2D eigenvalue weighted by molar-refractivity contribution is 0.359. The van der Waals surface area contributed by atoms with Gasteiger partial charge in [0.1, 0.15) is 49.2 Å². The summed E-state index contributed by atoms with van der Waals surface area (Å²) in [6.07, 6.45) is 0. The maximum absolute atomic E-state index is 5.38. The molecule has 27 heteroatoms. The van der Waals surface area contributed by atoms with E-state index in [1.54, 1.807) is 11.3 Å². The molecule has 9 aromatic heterocycles. The smallest absolute Gasteiger partial charge is 0.229 e. The zero-order chi connectivity index (χ0) is 75.9. The van der Waals surface area contributed by atoms with Gasteiger partial charge in [0.25, 0.3) is 0 Å². The van der Waals surface area contributed by atoms with E-state index in [1.165, 1.54) is 23.1 Å². The number of aromatic amines is 3. The predicted octanol–water partition coefficient (Wildman–Crippen LogP) is 21.5. The molecule has 0 aliphatic carbocycles. The Kier molecular flexibility index (Phi) is 41.5. The summed E-state index contributed by atoms with van der Waals surface area (Å²) in [6.45, 7) is 75.3. The van der Waals surface area contributed by atoms with Crippen LogP contribution in [0.5, 0.6) is 0 Å². The molecular weight excluding hydrogens is 1300 g/mol. The van der Waals surface area contributed by atoms with Crippen LogP contribution < -0.4 is 0 Å². The van der Waals surface area contributed by atoms with E-state index < -0.39 is 0 Å². The van der Waals surface area contributed by atoms with E-state index in [0.717, 1.165) is 102 Å². The van der Waals surface area contributed by atoms with E-state index in [4.69, 9.17) is 13.5 Å². The standard InChI is InChI=1S/3C8H15N3.3C8H14N2O.3C8H14N2S/c3*1-5(2)7-9-8(6(3)4)11-10-7;1-5(2)7-9-10-8(11-7)6(3)4;2*1-5(2)7-9-8(6(3)4)11-10-7;1-5(2)7-9-10-8(11-7)6(3)4;2*1-5(2)7-9-8(6(3)4)11-10-7/h3*5-6H,1-4H3,(H,9,10,11);6*5-6H,1-4H3. The van der Waals surface area contributed by atoms with Gasteiger partial charge in [0.05, 0.1) is 0 Å². The molecule has 0 aliphatic rings. The average Bonchev–Trinajstić information content (AvgIpc) is 1.91. The summed E-state index contributed by atoms with van der Waals surface area (Å²) in [5.41, 5.74) is 0. The van der Waals surface area contributed by atoms with Crippen molar-refractivity contribution in [1.82, 2.24) is 105 Å². The summed E-state index contributed by atoms with van der Waals surface area (Å²) in [4.78, 5) is 30.3. The SMILES string of the molecule is CC(C)c1n[nH]c(C(C)C)n1.CC(C)c1n[nH]c(C(C)C)n1.CC(C)c1n[nH]c(C(C)C)n1.CC(C)c1nnc(C(C)C)o1.CC(C)c1nnc(C(C)C)s1.CC(C)c1noc(C(C)C)n1.CC(C)c1noc(C(C)C)n1.CC(C)c1nsc(C(C)C)n1.CC(C)c1nsc(C(C)C)n1. The fourth-order valence-corrected chi connectivity index (χ4v) is 9.12. The third-order valence-electron chi connectivity index (χ3n) is 13.5. The van der Waals surface area contributed by atoms with Crippen molar-refractivity contribution >= 4 is 34.4 Å². The van der Waals surface area contributed by atoms with Gasteiger partial charge in [-0.2, -0.15) is 34.0 Å². The van der Waals surface area contributed by atoms with Gasteiger partial charge in [-0.05, 0) is 23.1 Å².